The maximum absolute atomic E-state index is 12.5. The second kappa shape index (κ2) is 12.4. The summed E-state index contributed by atoms with van der Waals surface area (Å²) in [6.07, 6.45) is 6.66. The van der Waals surface area contributed by atoms with Gasteiger partial charge in [-0.3, -0.25) is 9.78 Å². The maximum atomic E-state index is 12.5. The molecule has 1 aromatic heterocycles. The van der Waals surface area contributed by atoms with Crippen LogP contribution in [0.4, 0.5) is 0 Å². The fraction of sp³-hybridized carbons (Fsp3) is 0.480. The number of carbonyl (C=O) groups is 2. The molecule has 1 aromatic carbocycles. The molecule has 1 heterocycles. The van der Waals surface area contributed by atoms with Crippen molar-refractivity contribution in [1.82, 2.24) is 10.3 Å². The van der Waals surface area contributed by atoms with Crippen molar-refractivity contribution in [1.29, 1.82) is 0 Å². The molecule has 33 heavy (non-hydrogen) atoms. The van der Waals surface area contributed by atoms with Crippen molar-refractivity contribution in [2.45, 2.75) is 57.9 Å². The van der Waals surface area contributed by atoms with E-state index in [0.717, 1.165) is 31.4 Å². The summed E-state index contributed by atoms with van der Waals surface area (Å²) in [5.74, 6) is -1.45. The number of hydrogen-bond acceptors (Lipinski definition) is 4. The lowest BCUT2D eigenvalue weighted by Gasteiger charge is -2.17. The minimum absolute atomic E-state index is 0.0670. The van der Waals surface area contributed by atoms with Crippen LogP contribution in [0.3, 0.4) is 0 Å². The van der Waals surface area contributed by atoms with Crippen LogP contribution in [0, 0.1) is 5.92 Å². The largest absolute Gasteiger partial charge is 0.480 e. The molecule has 0 spiro atoms. The van der Waals surface area contributed by atoms with E-state index < -0.39 is 17.9 Å². The lowest BCUT2D eigenvalue weighted by molar-refractivity contribution is -0.139. The predicted molar refractivity (Wildman–Crippen MR) is 129 cm³/mol. The monoisotopic (exact) mass is 492 g/mol. The molecular weight excluding hydrogens is 463 g/mol. The summed E-state index contributed by atoms with van der Waals surface area (Å²) in [6, 6.07) is 7.93. The Morgan fingerprint density at radius 1 is 1.12 bits per heavy atom. The van der Waals surface area contributed by atoms with Crippen molar-refractivity contribution < 1.29 is 19.4 Å². The first kappa shape index (κ1) is 25.5. The van der Waals surface area contributed by atoms with Crippen LogP contribution in [0.2, 0.25) is 10.0 Å². The molecule has 0 bridgehead atoms. The standard InChI is InChI=1S/C25H30Cl2N2O4/c1-16(9-11-18-12-10-17-5-2-3-8-21(17)28-18)15-33-14-13-22(25(31)32)29-24(30)23-19(26)6-4-7-20(23)27/h4,6-7,10,12,16,22H,2-3,5,8-9,11,13-15H2,1H3,(H,29,30)(H,31,32)/t16-,22+/m0/s1. The van der Waals surface area contributed by atoms with E-state index in [9.17, 15) is 14.7 Å². The van der Waals surface area contributed by atoms with Crippen molar-refractivity contribution in [3.05, 3.63) is 62.9 Å². The number of carbonyl (C=O) groups excluding carboxylic acids is 1. The smallest absolute Gasteiger partial charge is 0.326 e. The summed E-state index contributed by atoms with van der Waals surface area (Å²) < 4.78 is 5.70. The highest BCUT2D eigenvalue weighted by molar-refractivity contribution is 6.39. The van der Waals surface area contributed by atoms with Gasteiger partial charge in [-0.15, -0.1) is 0 Å². The Hall–Kier alpha value is -2.15. The van der Waals surface area contributed by atoms with Gasteiger partial charge in [0.15, 0.2) is 0 Å². The molecule has 0 unspecified atom stereocenters. The quantitative estimate of drug-likeness (QED) is 0.424. The predicted octanol–water partition coefficient (Wildman–Crippen LogP) is 5.13. The highest BCUT2D eigenvalue weighted by Crippen LogP contribution is 2.24. The van der Waals surface area contributed by atoms with Gasteiger partial charge in [-0.2, -0.15) is 0 Å². The molecule has 2 aromatic rings. The van der Waals surface area contributed by atoms with Gasteiger partial charge in [0.2, 0.25) is 0 Å². The highest BCUT2D eigenvalue weighted by atomic mass is 35.5. The Morgan fingerprint density at radius 2 is 1.85 bits per heavy atom. The third-order valence-corrected chi connectivity index (χ3v) is 6.51. The van der Waals surface area contributed by atoms with E-state index in [1.165, 1.54) is 36.2 Å². The molecule has 0 fully saturated rings. The number of aliphatic carboxylic acids is 1. The van der Waals surface area contributed by atoms with Gasteiger partial charge in [0, 0.05) is 31.0 Å². The number of carboxylic acids is 1. The van der Waals surface area contributed by atoms with Gasteiger partial charge in [0.05, 0.1) is 15.6 Å². The molecule has 1 aliphatic rings. The van der Waals surface area contributed by atoms with E-state index in [-0.39, 0.29) is 28.6 Å². The van der Waals surface area contributed by atoms with Gasteiger partial charge in [-0.1, -0.05) is 42.3 Å². The van der Waals surface area contributed by atoms with Crippen molar-refractivity contribution in [3.8, 4) is 0 Å². The van der Waals surface area contributed by atoms with Crippen LogP contribution in [-0.4, -0.2) is 41.2 Å². The van der Waals surface area contributed by atoms with E-state index in [2.05, 4.69) is 24.4 Å². The van der Waals surface area contributed by atoms with Crippen LogP contribution in [-0.2, 0) is 28.8 Å². The molecule has 6 nitrogen and oxygen atoms in total. The molecule has 2 atom stereocenters. The van der Waals surface area contributed by atoms with Crippen molar-refractivity contribution in [3.63, 3.8) is 0 Å². The van der Waals surface area contributed by atoms with Crippen LogP contribution < -0.4 is 5.32 Å². The van der Waals surface area contributed by atoms with Gasteiger partial charge in [0.25, 0.3) is 5.91 Å². The number of amides is 1. The number of nitrogens with one attached hydrogen (secondary N) is 1. The first-order valence-corrected chi connectivity index (χ1v) is 12.1. The van der Waals surface area contributed by atoms with Gasteiger partial charge in [0.1, 0.15) is 6.04 Å². The number of aromatic nitrogens is 1. The van der Waals surface area contributed by atoms with Crippen molar-refractivity contribution >= 4 is 35.1 Å². The zero-order valence-corrected chi connectivity index (χ0v) is 20.3. The Balaban J connectivity index is 1.40. The number of hydrogen-bond donors (Lipinski definition) is 2. The van der Waals surface area contributed by atoms with Crippen molar-refractivity contribution in [2.24, 2.45) is 5.92 Å². The fourth-order valence-electron chi connectivity index (χ4n) is 3.93. The summed E-state index contributed by atoms with van der Waals surface area (Å²) in [6.45, 7) is 2.84. The van der Waals surface area contributed by atoms with Gasteiger partial charge >= 0.3 is 5.97 Å². The van der Waals surface area contributed by atoms with Gasteiger partial charge in [-0.05, 0) is 68.2 Å². The van der Waals surface area contributed by atoms with Crippen LogP contribution >= 0.6 is 23.2 Å². The summed E-state index contributed by atoms with van der Waals surface area (Å²) in [7, 11) is 0. The van der Waals surface area contributed by atoms with Crippen LogP contribution in [0.15, 0.2) is 30.3 Å². The molecule has 0 saturated carbocycles. The van der Waals surface area contributed by atoms with Crippen LogP contribution in [0.25, 0.3) is 0 Å². The zero-order chi connectivity index (χ0) is 23.8. The van der Waals surface area contributed by atoms with E-state index in [0.29, 0.717) is 12.5 Å². The van der Waals surface area contributed by atoms with E-state index in [4.69, 9.17) is 32.9 Å². The minimum Gasteiger partial charge on any atom is -0.480 e. The SMILES string of the molecule is C[C@@H](CCc1ccc2c(n1)CCCC2)COCC[C@@H](NC(=O)c1c(Cl)cccc1Cl)C(=O)O. The third kappa shape index (κ3) is 7.42. The second-order valence-corrected chi connectivity index (χ2v) is 9.40. The number of nitrogens with zero attached hydrogens (tertiary/aromatic N) is 1. The summed E-state index contributed by atoms with van der Waals surface area (Å²) in [5.41, 5.74) is 3.83. The lowest BCUT2D eigenvalue weighted by Crippen LogP contribution is -2.41. The van der Waals surface area contributed by atoms with Crippen LogP contribution in [0.1, 0.15) is 59.9 Å². The first-order valence-electron chi connectivity index (χ1n) is 11.4. The molecule has 2 N–H and O–H groups in total. The number of pyridine rings is 1. The molecule has 1 amide bonds. The summed E-state index contributed by atoms with van der Waals surface area (Å²) in [4.78, 5) is 28.9. The molecule has 8 heteroatoms. The van der Waals surface area contributed by atoms with Gasteiger partial charge < -0.3 is 15.2 Å². The number of halogens is 2. The first-order chi connectivity index (χ1) is 15.8. The molecular formula is C25H30Cl2N2O4. The van der Waals surface area contributed by atoms with Gasteiger partial charge in [-0.25, -0.2) is 4.79 Å². The second-order valence-electron chi connectivity index (χ2n) is 8.58. The molecule has 3 rings (SSSR count). The molecule has 0 radical (unpaired) electrons. The van der Waals surface area contributed by atoms with Crippen molar-refractivity contribution in [2.75, 3.05) is 13.2 Å². The highest BCUT2D eigenvalue weighted by Gasteiger charge is 2.23. The van der Waals surface area contributed by atoms with E-state index in [1.54, 1.807) is 6.07 Å². The number of carboxylic acid groups (broad SMARTS) is 1. The van der Waals surface area contributed by atoms with Crippen LogP contribution in [0.5, 0.6) is 0 Å². The molecule has 178 valence electrons. The fourth-order valence-corrected chi connectivity index (χ4v) is 4.50. The van der Waals surface area contributed by atoms with E-state index >= 15 is 0 Å². The number of ether oxygens (including phenoxy) is 1. The number of benzene rings is 1. The number of fused-ring (bicyclic) bond motifs is 1. The zero-order valence-electron chi connectivity index (χ0n) is 18.8. The minimum atomic E-state index is -1.14. The number of aryl methyl sites for hydroxylation is 3. The molecule has 0 aliphatic heterocycles. The Kier molecular flexibility index (Phi) is 9.53. The third-order valence-electron chi connectivity index (χ3n) is 5.88. The van der Waals surface area contributed by atoms with E-state index in [1.807, 2.05) is 0 Å². The topological polar surface area (TPSA) is 88.5 Å². The molecule has 0 saturated heterocycles. The summed E-state index contributed by atoms with van der Waals surface area (Å²) >= 11 is 12.1. The lowest BCUT2D eigenvalue weighted by atomic mass is 9.95. The average molecular weight is 493 g/mol. The average Bonchev–Trinajstić information content (AvgIpc) is 2.79. The summed E-state index contributed by atoms with van der Waals surface area (Å²) in [5, 5.41) is 12.3. The Labute approximate surface area is 204 Å². The Bertz CT molecular complexity index is 963. The maximum Gasteiger partial charge on any atom is 0.326 e. The molecule has 1 aliphatic carbocycles. The normalized spacial score (nSPS) is 14.9. The Morgan fingerprint density at radius 3 is 2.58 bits per heavy atom. The number of rotatable bonds is 11.